The van der Waals surface area contributed by atoms with Crippen molar-refractivity contribution in [1.82, 2.24) is 9.78 Å². The molecule has 4 heteroatoms. The minimum absolute atomic E-state index is 0.443. The summed E-state index contributed by atoms with van der Waals surface area (Å²) in [5.41, 5.74) is 8.59. The Morgan fingerprint density at radius 1 is 1.33 bits per heavy atom. The van der Waals surface area contributed by atoms with E-state index in [0.29, 0.717) is 23.8 Å². The van der Waals surface area contributed by atoms with Gasteiger partial charge in [0.2, 0.25) is 0 Å². The van der Waals surface area contributed by atoms with Gasteiger partial charge in [0.1, 0.15) is 17.5 Å². The van der Waals surface area contributed by atoms with Gasteiger partial charge in [-0.1, -0.05) is 30.3 Å². The molecular weight excluding hydrogens is 224 g/mol. The van der Waals surface area contributed by atoms with Crippen LogP contribution in [0, 0.1) is 11.3 Å². The van der Waals surface area contributed by atoms with Gasteiger partial charge in [-0.3, -0.25) is 0 Å². The summed E-state index contributed by atoms with van der Waals surface area (Å²) < 4.78 is 1.74. The van der Waals surface area contributed by atoms with Crippen LogP contribution in [0.25, 0.3) is 0 Å². The van der Waals surface area contributed by atoms with Crippen LogP contribution in [0.4, 0.5) is 5.82 Å². The zero-order valence-electron chi connectivity index (χ0n) is 10.0. The first-order chi connectivity index (χ1) is 8.79. The SMILES string of the molecule is N#Cc1c(C2CC2)nn(Cc2ccccc2)c1N. The third kappa shape index (κ3) is 1.84. The summed E-state index contributed by atoms with van der Waals surface area (Å²) in [5.74, 6) is 0.933. The van der Waals surface area contributed by atoms with Crippen LogP contribution in [0.5, 0.6) is 0 Å². The number of nitriles is 1. The highest BCUT2D eigenvalue weighted by Gasteiger charge is 2.31. The van der Waals surface area contributed by atoms with Crippen LogP contribution in [-0.2, 0) is 6.54 Å². The van der Waals surface area contributed by atoms with Crippen LogP contribution in [0.2, 0.25) is 0 Å². The second-order valence-electron chi connectivity index (χ2n) is 4.67. The lowest BCUT2D eigenvalue weighted by Crippen LogP contribution is -2.06. The molecule has 0 amide bonds. The maximum absolute atomic E-state index is 9.17. The van der Waals surface area contributed by atoms with Gasteiger partial charge in [0.05, 0.1) is 12.2 Å². The van der Waals surface area contributed by atoms with Gasteiger partial charge >= 0.3 is 0 Å². The number of nitrogen functional groups attached to an aromatic ring is 1. The monoisotopic (exact) mass is 238 g/mol. The summed E-state index contributed by atoms with van der Waals surface area (Å²) in [5, 5.41) is 13.7. The summed E-state index contributed by atoms with van der Waals surface area (Å²) >= 11 is 0. The van der Waals surface area contributed by atoms with Gasteiger partial charge in [-0.25, -0.2) is 4.68 Å². The molecule has 2 N–H and O–H groups in total. The molecule has 4 nitrogen and oxygen atoms in total. The van der Waals surface area contributed by atoms with E-state index in [1.54, 1.807) is 4.68 Å². The van der Waals surface area contributed by atoms with Gasteiger partial charge in [-0.15, -0.1) is 0 Å². The van der Waals surface area contributed by atoms with Crippen molar-refractivity contribution in [3.63, 3.8) is 0 Å². The van der Waals surface area contributed by atoms with Crippen LogP contribution >= 0.6 is 0 Å². The highest BCUT2D eigenvalue weighted by atomic mass is 15.3. The number of anilines is 1. The highest BCUT2D eigenvalue weighted by molar-refractivity contribution is 5.54. The average molecular weight is 238 g/mol. The Hall–Kier alpha value is -2.28. The molecule has 1 aliphatic rings. The minimum Gasteiger partial charge on any atom is -0.383 e. The molecule has 2 aromatic rings. The van der Waals surface area contributed by atoms with Crippen molar-refractivity contribution < 1.29 is 0 Å². The third-order valence-electron chi connectivity index (χ3n) is 3.27. The fourth-order valence-electron chi connectivity index (χ4n) is 2.13. The smallest absolute Gasteiger partial charge is 0.140 e. The second-order valence-corrected chi connectivity index (χ2v) is 4.67. The van der Waals surface area contributed by atoms with E-state index in [1.165, 1.54) is 0 Å². The maximum atomic E-state index is 9.17. The highest BCUT2D eigenvalue weighted by Crippen LogP contribution is 2.42. The third-order valence-corrected chi connectivity index (χ3v) is 3.27. The second kappa shape index (κ2) is 4.19. The number of rotatable bonds is 3. The standard InChI is InChI=1S/C14H14N4/c15-8-12-13(11-6-7-11)17-18(14(12)16)9-10-4-2-1-3-5-10/h1-5,11H,6-7,9,16H2. The average Bonchev–Trinajstić information content (AvgIpc) is 3.18. The van der Waals surface area contributed by atoms with Crippen LogP contribution in [-0.4, -0.2) is 9.78 Å². The Balaban J connectivity index is 1.95. The molecule has 0 atom stereocenters. The number of hydrogen-bond acceptors (Lipinski definition) is 3. The first-order valence-corrected chi connectivity index (χ1v) is 6.10. The number of nitrogens with two attached hydrogens (primary N) is 1. The molecule has 1 aliphatic carbocycles. The van der Waals surface area contributed by atoms with E-state index < -0.39 is 0 Å². The number of hydrogen-bond donors (Lipinski definition) is 1. The van der Waals surface area contributed by atoms with E-state index in [4.69, 9.17) is 5.73 Å². The lowest BCUT2D eigenvalue weighted by atomic mass is 10.2. The van der Waals surface area contributed by atoms with Crippen molar-refractivity contribution in [2.24, 2.45) is 0 Å². The van der Waals surface area contributed by atoms with Gasteiger partial charge < -0.3 is 5.73 Å². The van der Waals surface area contributed by atoms with Crippen LogP contribution in [0.3, 0.4) is 0 Å². The van der Waals surface area contributed by atoms with E-state index in [1.807, 2.05) is 30.3 Å². The summed E-state index contributed by atoms with van der Waals surface area (Å²) in [6.45, 7) is 0.619. The number of benzene rings is 1. The topological polar surface area (TPSA) is 67.6 Å². The van der Waals surface area contributed by atoms with Crippen molar-refractivity contribution in [3.05, 3.63) is 47.2 Å². The molecule has 0 saturated heterocycles. The first-order valence-electron chi connectivity index (χ1n) is 6.10. The lowest BCUT2D eigenvalue weighted by molar-refractivity contribution is 0.681. The molecule has 0 aliphatic heterocycles. The summed E-state index contributed by atoms with van der Waals surface area (Å²) in [4.78, 5) is 0. The number of aromatic nitrogens is 2. The molecule has 0 radical (unpaired) electrons. The van der Waals surface area contributed by atoms with Crippen molar-refractivity contribution in [2.45, 2.75) is 25.3 Å². The summed E-state index contributed by atoms with van der Waals surface area (Å²) in [6.07, 6.45) is 2.24. The Labute approximate surface area is 106 Å². The van der Waals surface area contributed by atoms with Crippen molar-refractivity contribution in [2.75, 3.05) is 5.73 Å². The van der Waals surface area contributed by atoms with Gasteiger partial charge in [-0.2, -0.15) is 10.4 Å². The van der Waals surface area contributed by atoms with Gasteiger partial charge in [-0.05, 0) is 18.4 Å². The minimum atomic E-state index is 0.443. The van der Waals surface area contributed by atoms with E-state index in [2.05, 4.69) is 11.2 Å². The fraction of sp³-hybridized carbons (Fsp3) is 0.286. The fourth-order valence-corrected chi connectivity index (χ4v) is 2.13. The van der Waals surface area contributed by atoms with Crippen LogP contribution in [0.15, 0.2) is 30.3 Å². The molecule has 0 unspecified atom stereocenters. The Morgan fingerprint density at radius 3 is 2.67 bits per heavy atom. The maximum Gasteiger partial charge on any atom is 0.140 e. The van der Waals surface area contributed by atoms with Gasteiger partial charge in [0, 0.05) is 5.92 Å². The largest absolute Gasteiger partial charge is 0.383 e. The molecule has 1 aromatic heterocycles. The summed E-state index contributed by atoms with van der Waals surface area (Å²) in [6, 6.07) is 12.2. The quantitative estimate of drug-likeness (QED) is 0.891. The zero-order valence-corrected chi connectivity index (χ0v) is 10.0. The van der Waals surface area contributed by atoms with Crippen molar-refractivity contribution in [1.29, 1.82) is 5.26 Å². The number of nitrogens with zero attached hydrogens (tertiary/aromatic N) is 3. The molecule has 1 aromatic carbocycles. The predicted molar refractivity (Wildman–Crippen MR) is 68.9 cm³/mol. The normalized spacial score (nSPS) is 14.4. The molecule has 0 spiro atoms. The molecule has 1 fully saturated rings. The van der Waals surface area contributed by atoms with Crippen LogP contribution in [0.1, 0.15) is 35.6 Å². The van der Waals surface area contributed by atoms with Crippen LogP contribution < -0.4 is 5.73 Å². The van der Waals surface area contributed by atoms with Crippen molar-refractivity contribution in [3.8, 4) is 6.07 Å². The summed E-state index contributed by atoms with van der Waals surface area (Å²) in [7, 11) is 0. The molecular formula is C14H14N4. The van der Waals surface area contributed by atoms with Gasteiger partial charge in [0.25, 0.3) is 0 Å². The van der Waals surface area contributed by atoms with E-state index in [0.717, 1.165) is 24.1 Å². The Morgan fingerprint density at radius 2 is 2.06 bits per heavy atom. The predicted octanol–water partition coefficient (Wildman–Crippen LogP) is 2.26. The zero-order chi connectivity index (χ0) is 12.5. The molecule has 1 saturated carbocycles. The van der Waals surface area contributed by atoms with E-state index >= 15 is 0 Å². The first kappa shape index (κ1) is 10.8. The molecule has 90 valence electrons. The molecule has 18 heavy (non-hydrogen) atoms. The lowest BCUT2D eigenvalue weighted by Gasteiger charge is -2.03. The molecule has 1 heterocycles. The van der Waals surface area contributed by atoms with Gasteiger partial charge in [0.15, 0.2) is 0 Å². The molecule has 3 rings (SSSR count). The Bertz CT molecular complexity index is 603. The van der Waals surface area contributed by atoms with Crippen molar-refractivity contribution >= 4 is 5.82 Å². The Kier molecular flexibility index (Phi) is 2.52. The molecule has 0 bridgehead atoms. The van der Waals surface area contributed by atoms with E-state index in [9.17, 15) is 5.26 Å². The van der Waals surface area contributed by atoms with E-state index in [-0.39, 0.29) is 0 Å².